The minimum Gasteiger partial charge on any atom is -0.465 e. The van der Waals surface area contributed by atoms with Crippen LogP contribution < -0.4 is 0 Å². The van der Waals surface area contributed by atoms with E-state index in [0.717, 1.165) is 16.9 Å². The van der Waals surface area contributed by atoms with Crippen molar-refractivity contribution in [3.63, 3.8) is 0 Å². The zero-order valence-corrected chi connectivity index (χ0v) is 14.5. The predicted molar refractivity (Wildman–Crippen MR) is 87.3 cm³/mol. The van der Waals surface area contributed by atoms with E-state index < -0.39 is 10.9 Å². The number of methoxy groups -OCH3 is 1. The normalized spacial score (nSPS) is 10.8. The first-order chi connectivity index (χ1) is 10.3. The number of hydrogen-bond acceptors (Lipinski definition) is 6. The fraction of sp³-hybridized carbons (Fsp3) is 0.286. The molecule has 0 radical (unpaired) electrons. The molecular formula is C14H13BrN2O4S. The number of rotatable bonds is 4. The highest BCUT2D eigenvalue weighted by Gasteiger charge is 2.24. The number of esters is 1. The summed E-state index contributed by atoms with van der Waals surface area (Å²) in [4.78, 5) is 27.8. The van der Waals surface area contributed by atoms with Gasteiger partial charge in [-0.2, -0.15) is 0 Å². The minimum absolute atomic E-state index is 0.0913. The van der Waals surface area contributed by atoms with Gasteiger partial charge in [0.25, 0.3) is 5.69 Å². The van der Waals surface area contributed by atoms with E-state index >= 15 is 0 Å². The van der Waals surface area contributed by atoms with Gasteiger partial charge < -0.3 is 4.74 Å². The molecule has 0 aliphatic carbocycles. The second kappa shape index (κ2) is 6.53. The summed E-state index contributed by atoms with van der Waals surface area (Å²) in [6, 6.07) is 3.17. The Balaban J connectivity index is 2.64. The molecule has 6 nitrogen and oxygen atoms in total. The van der Waals surface area contributed by atoms with Gasteiger partial charge in [-0.25, -0.2) is 9.78 Å². The number of halogens is 1. The van der Waals surface area contributed by atoms with Crippen LogP contribution in [-0.4, -0.2) is 23.0 Å². The second-order valence-electron chi connectivity index (χ2n) is 4.82. The molecule has 0 aliphatic rings. The number of carbonyl (C=O) groups excluding carboxylic acids is 1. The van der Waals surface area contributed by atoms with E-state index in [-0.39, 0.29) is 17.3 Å². The SMILES string of the molecule is COC(=O)c1sc(-c2ncc(Br)cc2[N+](=O)[O-])cc1C(C)C. The van der Waals surface area contributed by atoms with Crippen LogP contribution in [0.2, 0.25) is 0 Å². The average molecular weight is 385 g/mol. The van der Waals surface area contributed by atoms with E-state index in [1.807, 2.05) is 13.8 Å². The number of nitro groups is 1. The largest absolute Gasteiger partial charge is 0.465 e. The van der Waals surface area contributed by atoms with Crippen molar-refractivity contribution in [1.29, 1.82) is 0 Å². The van der Waals surface area contributed by atoms with Crippen LogP contribution in [0.25, 0.3) is 10.6 Å². The number of hydrogen-bond donors (Lipinski definition) is 0. The number of carbonyl (C=O) groups is 1. The predicted octanol–water partition coefficient (Wildman–Crippen LogP) is 4.39. The standard InChI is InChI=1S/C14H13BrN2O4S/c1-7(2)9-5-11(22-13(9)14(18)21-3)12-10(17(19)20)4-8(15)6-16-12/h4-7H,1-3H3. The Morgan fingerprint density at radius 1 is 1.45 bits per heavy atom. The lowest BCUT2D eigenvalue weighted by atomic mass is 10.0. The Morgan fingerprint density at radius 3 is 2.68 bits per heavy atom. The van der Waals surface area contributed by atoms with Gasteiger partial charge >= 0.3 is 5.97 Å². The molecule has 0 N–H and O–H groups in total. The number of aromatic nitrogens is 1. The average Bonchev–Trinajstić information content (AvgIpc) is 2.91. The maximum atomic E-state index is 11.9. The van der Waals surface area contributed by atoms with Crippen molar-refractivity contribution in [2.24, 2.45) is 0 Å². The van der Waals surface area contributed by atoms with E-state index in [1.54, 1.807) is 6.07 Å². The molecular weight excluding hydrogens is 372 g/mol. The molecule has 0 fully saturated rings. The summed E-state index contributed by atoms with van der Waals surface area (Å²) in [5, 5.41) is 11.2. The molecule has 0 aliphatic heterocycles. The van der Waals surface area contributed by atoms with Gasteiger partial charge in [0.05, 0.1) is 16.9 Å². The van der Waals surface area contributed by atoms with Crippen molar-refractivity contribution in [2.75, 3.05) is 7.11 Å². The number of pyridine rings is 1. The first kappa shape index (κ1) is 16.6. The van der Waals surface area contributed by atoms with Gasteiger partial charge in [0.15, 0.2) is 5.69 Å². The van der Waals surface area contributed by atoms with Crippen molar-refractivity contribution in [3.05, 3.63) is 43.4 Å². The van der Waals surface area contributed by atoms with Crippen molar-refractivity contribution in [2.45, 2.75) is 19.8 Å². The number of thiophene rings is 1. The molecule has 0 saturated carbocycles. The van der Waals surface area contributed by atoms with E-state index in [2.05, 4.69) is 20.9 Å². The molecule has 2 aromatic heterocycles. The smallest absolute Gasteiger partial charge is 0.348 e. The van der Waals surface area contributed by atoms with Gasteiger partial charge in [-0.3, -0.25) is 10.1 Å². The molecule has 2 rings (SSSR count). The lowest BCUT2D eigenvalue weighted by molar-refractivity contribution is -0.384. The van der Waals surface area contributed by atoms with Crippen LogP contribution in [-0.2, 0) is 4.74 Å². The van der Waals surface area contributed by atoms with Crippen LogP contribution in [0.4, 0.5) is 5.69 Å². The summed E-state index contributed by atoms with van der Waals surface area (Å²) >= 11 is 4.33. The summed E-state index contributed by atoms with van der Waals surface area (Å²) in [5.74, 6) is -0.353. The Morgan fingerprint density at radius 2 is 2.14 bits per heavy atom. The molecule has 2 heterocycles. The first-order valence-electron chi connectivity index (χ1n) is 6.37. The lowest BCUT2D eigenvalue weighted by Crippen LogP contribution is -2.02. The minimum atomic E-state index is -0.486. The van der Waals surface area contributed by atoms with Crippen LogP contribution in [0, 0.1) is 10.1 Å². The van der Waals surface area contributed by atoms with Crippen LogP contribution in [0.5, 0.6) is 0 Å². The molecule has 116 valence electrons. The van der Waals surface area contributed by atoms with Crippen LogP contribution in [0.1, 0.15) is 35.0 Å². The summed E-state index contributed by atoms with van der Waals surface area (Å²) in [5.41, 5.74) is 0.934. The van der Waals surface area contributed by atoms with Crippen molar-refractivity contribution in [1.82, 2.24) is 4.98 Å². The zero-order valence-electron chi connectivity index (χ0n) is 12.1. The third-order valence-electron chi connectivity index (χ3n) is 3.02. The molecule has 0 spiro atoms. The summed E-state index contributed by atoms with van der Waals surface area (Å²) in [6.45, 7) is 3.89. The fourth-order valence-corrected chi connectivity index (χ4v) is 3.52. The molecule has 0 bridgehead atoms. The Kier molecular flexibility index (Phi) is 4.92. The van der Waals surface area contributed by atoms with Crippen LogP contribution >= 0.6 is 27.3 Å². The maximum absolute atomic E-state index is 11.9. The summed E-state index contributed by atoms with van der Waals surface area (Å²) in [7, 11) is 1.31. The molecule has 2 aromatic rings. The first-order valence-corrected chi connectivity index (χ1v) is 7.98. The Bertz CT molecular complexity index is 742. The van der Waals surface area contributed by atoms with Crippen molar-refractivity contribution >= 4 is 38.9 Å². The van der Waals surface area contributed by atoms with Gasteiger partial charge in [0.2, 0.25) is 0 Å². The van der Waals surface area contributed by atoms with Gasteiger partial charge in [-0.05, 0) is 33.5 Å². The maximum Gasteiger partial charge on any atom is 0.348 e. The zero-order chi connectivity index (χ0) is 16.4. The topological polar surface area (TPSA) is 82.3 Å². The van der Waals surface area contributed by atoms with E-state index in [0.29, 0.717) is 14.2 Å². The van der Waals surface area contributed by atoms with E-state index in [9.17, 15) is 14.9 Å². The monoisotopic (exact) mass is 384 g/mol. The van der Waals surface area contributed by atoms with E-state index in [4.69, 9.17) is 4.74 Å². The van der Waals surface area contributed by atoms with E-state index in [1.165, 1.54) is 19.4 Å². The van der Waals surface area contributed by atoms with Crippen molar-refractivity contribution in [3.8, 4) is 10.6 Å². The quantitative estimate of drug-likeness (QED) is 0.443. The van der Waals surface area contributed by atoms with Gasteiger partial charge in [0.1, 0.15) is 4.88 Å². The Hall–Kier alpha value is -1.80. The number of nitrogens with zero attached hydrogens (tertiary/aromatic N) is 2. The molecule has 0 atom stereocenters. The molecule has 0 aromatic carbocycles. The molecule has 0 saturated heterocycles. The van der Waals surface area contributed by atoms with Crippen LogP contribution in [0.3, 0.4) is 0 Å². The third kappa shape index (κ3) is 3.17. The van der Waals surface area contributed by atoms with Gasteiger partial charge in [-0.15, -0.1) is 11.3 Å². The second-order valence-corrected chi connectivity index (χ2v) is 6.79. The highest BCUT2D eigenvalue weighted by molar-refractivity contribution is 9.10. The third-order valence-corrected chi connectivity index (χ3v) is 4.59. The highest BCUT2D eigenvalue weighted by atomic mass is 79.9. The molecule has 8 heteroatoms. The van der Waals surface area contributed by atoms with Gasteiger partial charge in [-0.1, -0.05) is 13.8 Å². The number of ether oxygens (including phenoxy) is 1. The molecule has 22 heavy (non-hydrogen) atoms. The summed E-state index contributed by atoms with van der Waals surface area (Å²) < 4.78 is 5.31. The highest BCUT2D eigenvalue weighted by Crippen LogP contribution is 2.39. The van der Waals surface area contributed by atoms with Crippen LogP contribution in [0.15, 0.2) is 22.8 Å². The summed E-state index contributed by atoms with van der Waals surface area (Å²) in [6.07, 6.45) is 1.49. The molecule has 0 amide bonds. The molecule has 0 unspecified atom stereocenters. The lowest BCUT2D eigenvalue weighted by Gasteiger charge is -2.04. The Labute approximate surface area is 139 Å². The van der Waals surface area contributed by atoms with Crippen molar-refractivity contribution < 1.29 is 14.5 Å². The van der Waals surface area contributed by atoms with Gasteiger partial charge in [0, 0.05) is 16.7 Å². The fourth-order valence-electron chi connectivity index (χ4n) is 1.96.